The second kappa shape index (κ2) is 10.1. The molecule has 0 radical (unpaired) electrons. The molecule has 0 saturated carbocycles. The summed E-state index contributed by atoms with van der Waals surface area (Å²) in [7, 11) is 0. The molecule has 4 unspecified atom stereocenters. The number of rotatable bonds is 8. The van der Waals surface area contributed by atoms with Crippen molar-refractivity contribution in [3.63, 3.8) is 0 Å². The summed E-state index contributed by atoms with van der Waals surface area (Å²) < 4.78 is 0. The lowest BCUT2D eigenvalue weighted by molar-refractivity contribution is 0.264. The van der Waals surface area contributed by atoms with E-state index in [2.05, 4.69) is 58.8 Å². The summed E-state index contributed by atoms with van der Waals surface area (Å²) in [5, 5.41) is 7.13. The molecule has 6 nitrogen and oxygen atoms in total. The maximum Gasteiger partial charge on any atom is 0.128 e. The average molecular weight is 331 g/mol. The van der Waals surface area contributed by atoms with E-state index in [4.69, 9.17) is 0 Å². The molecule has 2 saturated heterocycles. The fourth-order valence-electron chi connectivity index (χ4n) is 3.27. The summed E-state index contributed by atoms with van der Waals surface area (Å²) in [6, 6.07) is 1.85. The van der Waals surface area contributed by atoms with Crippen LogP contribution in [0.4, 0.5) is 0 Å². The van der Waals surface area contributed by atoms with E-state index in [0.29, 0.717) is 24.2 Å². The lowest BCUT2D eigenvalue weighted by atomic mass is 10.00. The van der Waals surface area contributed by atoms with Crippen LogP contribution in [0.15, 0.2) is 0 Å². The first-order valence-corrected chi connectivity index (χ1v) is 9.35. The molecule has 0 aromatic rings. The molecule has 0 bridgehead atoms. The van der Waals surface area contributed by atoms with Gasteiger partial charge in [0.25, 0.3) is 0 Å². The number of hydrazine groups is 2. The summed E-state index contributed by atoms with van der Waals surface area (Å²) in [6.45, 7) is 6.68. The van der Waals surface area contributed by atoms with Crippen molar-refractivity contribution in [2.45, 2.75) is 82.0 Å². The monoisotopic (exact) mass is 330 g/mol. The van der Waals surface area contributed by atoms with Gasteiger partial charge in [-0.25, -0.2) is 10.9 Å². The van der Waals surface area contributed by atoms with E-state index in [9.17, 15) is 0 Å². The third-order valence-corrected chi connectivity index (χ3v) is 5.06. The standard InChI is InChI=1S/C15H34N6S/c1-11(13-7-3-5-9-16-13)18-20-15(22)21-19-12(2)14-8-4-6-10-17-14/h11-22H,3-10H2,1-2H3. The molecule has 0 aliphatic carbocycles. The molecule has 0 aromatic carbocycles. The van der Waals surface area contributed by atoms with Crippen molar-refractivity contribution in [3.05, 3.63) is 0 Å². The molecular weight excluding hydrogens is 296 g/mol. The topological polar surface area (TPSA) is 72.2 Å². The number of hydrogen-bond acceptors (Lipinski definition) is 7. The molecule has 2 heterocycles. The predicted octanol–water partition coefficient (Wildman–Crippen LogP) is 0.449. The minimum absolute atomic E-state index is 0.128. The van der Waals surface area contributed by atoms with Crippen LogP contribution in [0.2, 0.25) is 0 Å². The van der Waals surface area contributed by atoms with Gasteiger partial charge >= 0.3 is 0 Å². The third-order valence-electron chi connectivity index (χ3n) is 4.80. The summed E-state index contributed by atoms with van der Waals surface area (Å²) in [5.41, 5.74) is 13.0. The molecule has 2 aliphatic heterocycles. The zero-order valence-corrected chi connectivity index (χ0v) is 14.9. The third kappa shape index (κ3) is 6.31. The largest absolute Gasteiger partial charge is 0.312 e. The van der Waals surface area contributed by atoms with Gasteiger partial charge in [-0.3, -0.25) is 10.9 Å². The summed E-state index contributed by atoms with van der Waals surface area (Å²) >= 11 is 4.52. The minimum Gasteiger partial charge on any atom is -0.312 e. The van der Waals surface area contributed by atoms with E-state index < -0.39 is 0 Å². The van der Waals surface area contributed by atoms with E-state index in [0.717, 1.165) is 13.1 Å². The number of nitrogens with one attached hydrogen (secondary N) is 6. The van der Waals surface area contributed by atoms with Crippen molar-refractivity contribution in [2.24, 2.45) is 0 Å². The Labute approximate surface area is 140 Å². The molecule has 6 N–H and O–H groups in total. The fourth-order valence-corrected chi connectivity index (χ4v) is 3.42. The van der Waals surface area contributed by atoms with Crippen molar-refractivity contribution in [2.75, 3.05) is 13.1 Å². The Morgan fingerprint density at radius 1 is 0.773 bits per heavy atom. The zero-order chi connectivity index (χ0) is 15.8. The number of thiol groups is 1. The van der Waals surface area contributed by atoms with Crippen LogP contribution in [0.5, 0.6) is 0 Å². The van der Waals surface area contributed by atoms with Gasteiger partial charge < -0.3 is 10.6 Å². The van der Waals surface area contributed by atoms with Gasteiger partial charge in [0.05, 0.1) is 0 Å². The van der Waals surface area contributed by atoms with Gasteiger partial charge in [0, 0.05) is 24.2 Å². The molecule has 0 amide bonds. The number of hydrogen-bond donors (Lipinski definition) is 7. The maximum absolute atomic E-state index is 4.52. The highest BCUT2D eigenvalue weighted by atomic mass is 32.1. The molecular formula is C15H34N6S. The first-order valence-electron chi connectivity index (χ1n) is 8.84. The van der Waals surface area contributed by atoms with Crippen molar-refractivity contribution in [1.29, 1.82) is 0 Å². The van der Waals surface area contributed by atoms with E-state index in [-0.39, 0.29) is 5.50 Å². The van der Waals surface area contributed by atoms with Gasteiger partial charge in [0.15, 0.2) is 0 Å². The Hall–Kier alpha value is 0.110. The molecule has 7 heteroatoms. The smallest absolute Gasteiger partial charge is 0.128 e. The SMILES string of the molecule is CC(NNC(S)NNC(C)C1CCCCN1)C1CCCCN1. The van der Waals surface area contributed by atoms with Crippen LogP contribution in [0, 0.1) is 0 Å². The predicted molar refractivity (Wildman–Crippen MR) is 95.5 cm³/mol. The van der Waals surface area contributed by atoms with E-state index >= 15 is 0 Å². The highest BCUT2D eigenvalue weighted by Crippen LogP contribution is 2.10. The van der Waals surface area contributed by atoms with Crippen LogP contribution in [-0.4, -0.2) is 42.8 Å². The van der Waals surface area contributed by atoms with Crippen LogP contribution in [0.25, 0.3) is 0 Å². The zero-order valence-electron chi connectivity index (χ0n) is 14.0. The normalized spacial score (nSPS) is 30.7. The molecule has 0 aromatic heterocycles. The van der Waals surface area contributed by atoms with Crippen LogP contribution >= 0.6 is 12.6 Å². The molecule has 4 atom stereocenters. The van der Waals surface area contributed by atoms with Crippen LogP contribution < -0.4 is 32.3 Å². The Bertz CT molecular complexity index is 266. The van der Waals surface area contributed by atoms with Gasteiger partial charge in [0.2, 0.25) is 0 Å². The van der Waals surface area contributed by atoms with Crippen LogP contribution in [0.3, 0.4) is 0 Å². The lowest BCUT2D eigenvalue weighted by Crippen LogP contribution is -2.60. The summed E-state index contributed by atoms with van der Waals surface area (Å²) in [4.78, 5) is 0. The van der Waals surface area contributed by atoms with Crippen LogP contribution in [-0.2, 0) is 0 Å². The van der Waals surface area contributed by atoms with E-state index in [1.807, 2.05) is 0 Å². The van der Waals surface area contributed by atoms with Gasteiger partial charge in [-0.2, -0.15) is 0 Å². The van der Waals surface area contributed by atoms with Gasteiger partial charge in [-0.05, 0) is 52.6 Å². The van der Waals surface area contributed by atoms with Crippen molar-refractivity contribution >= 4 is 12.6 Å². The molecule has 2 aliphatic rings. The first-order chi connectivity index (χ1) is 10.7. The first kappa shape index (κ1) is 18.4. The van der Waals surface area contributed by atoms with Crippen molar-refractivity contribution in [3.8, 4) is 0 Å². The highest BCUT2D eigenvalue weighted by Gasteiger charge is 2.21. The molecule has 2 fully saturated rings. The maximum atomic E-state index is 4.52. The second-order valence-corrected chi connectivity index (χ2v) is 7.19. The Morgan fingerprint density at radius 2 is 1.23 bits per heavy atom. The Balaban J connectivity index is 1.57. The minimum atomic E-state index is -0.128. The molecule has 22 heavy (non-hydrogen) atoms. The fraction of sp³-hybridized carbons (Fsp3) is 1.00. The highest BCUT2D eigenvalue weighted by molar-refractivity contribution is 7.80. The van der Waals surface area contributed by atoms with Crippen LogP contribution in [0.1, 0.15) is 52.4 Å². The quantitative estimate of drug-likeness (QED) is 0.199. The van der Waals surface area contributed by atoms with E-state index in [1.54, 1.807) is 0 Å². The van der Waals surface area contributed by atoms with Gasteiger partial charge in [-0.15, -0.1) is 12.6 Å². The summed E-state index contributed by atoms with van der Waals surface area (Å²) in [5.74, 6) is 0. The Kier molecular flexibility index (Phi) is 8.45. The van der Waals surface area contributed by atoms with E-state index in [1.165, 1.54) is 38.5 Å². The molecule has 130 valence electrons. The van der Waals surface area contributed by atoms with Crippen molar-refractivity contribution in [1.82, 2.24) is 32.3 Å². The molecule has 2 rings (SSSR count). The van der Waals surface area contributed by atoms with Crippen molar-refractivity contribution < 1.29 is 0 Å². The van der Waals surface area contributed by atoms with Gasteiger partial charge in [-0.1, -0.05) is 12.8 Å². The van der Waals surface area contributed by atoms with Gasteiger partial charge in [0.1, 0.15) is 5.50 Å². The Morgan fingerprint density at radius 3 is 1.59 bits per heavy atom. The second-order valence-electron chi connectivity index (χ2n) is 6.67. The lowest BCUT2D eigenvalue weighted by Gasteiger charge is -2.32. The average Bonchev–Trinajstić information content (AvgIpc) is 2.59. The number of piperidine rings is 2. The molecule has 0 spiro atoms. The summed E-state index contributed by atoms with van der Waals surface area (Å²) in [6.07, 6.45) is 7.71.